The number of carboxylic acids is 1. The topological polar surface area (TPSA) is 87.2 Å². The van der Waals surface area contributed by atoms with E-state index in [1.54, 1.807) is 43.3 Å². The van der Waals surface area contributed by atoms with Crippen molar-refractivity contribution in [1.29, 1.82) is 0 Å². The summed E-state index contributed by atoms with van der Waals surface area (Å²) in [7, 11) is 3.13. The van der Waals surface area contributed by atoms with E-state index in [1.165, 1.54) is 4.90 Å². The quantitative estimate of drug-likeness (QED) is 0.844. The number of ether oxygens (including phenoxy) is 1. The van der Waals surface area contributed by atoms with Crippen LogP contribution in [0.1, 0.15) is 12.8 Å². The Morgan fingerprint density at radius 2 is 2.00 bits per heavy atom. The van der Waals surface area contributed by atoms with Crippen molar-refractivity contribution in [1.82, 2.24) is 4.90 Å². The zero-order chi connectivity index (χ0) is 17.0. The van der Waals surface area contributed by atoms with Crippen LogP contribution in [0.2, 0.25) is 0 Å². The molecule has 1 atom stereocenters. The number of carbonyl (C=O) groups is 3. The molecular formula is C16H20N2O5. The Bertz CT molecular complexity index is 599. The van der Waals surface area contributed by atoms with Gasteiger partial charge in [-0.15, -0.1) is 0 Å². The lowest BCUT2D eigenvalue weighted by molar-refractivity contribution is -0.139. The minimum absolute atomic E-state index is 0.106. The van der Waals surface area contributed by atoms with Crippen LogP contribution in [-0.2, 0) is 14.4 Å². The summed E-state index contributed by atoms with van der Waals surface area (Å²) in [5.41, 5.74) is 0.722. The van der Waals surface area contributed by atoms with Gasteiger partial charge >= 0.3 is 5.97 Å². The number of rotatable bonds is 6. The molecule has 1 aromatic carbocycles. The maximum absolute atomic E-state index is 12.3. The normalized spacial score (nSPS) is 17.2. The number of methoxy groups -OCH3 is 1. The predicted molar refractivity (Wildman–Crippen MR) is 83.3 cm³/mol. The summed E-state index contributed by atoms with van der Waals surface area (Å²) >= 11 is 0. The van der Waals surface area contributed by atoms with Crippen molar-refractivity contribution in [2.75, 3.05) is 32.1 Å². The first-order valence-corrected chi connectivity index (χ1v) is 7.33. The van der Waals surface area contributed by atoms with Crippen molar-refractivity contribution in [2.24, 2.45) is 5.92 Å². The number of nitrogens with zero attached hydrogens (tertiary/aromatic N) is 2. The number of anilines is 1. The summed E-state index contributed by atoms with van der Waals surface area (Å²) in [5, 5.41) is 8.67. The van der Waals surface area contributed by atoms with Gasteiger partial charge < -0.3 is 19.6 Å². The molecule has 0 spiro atoms. The molecule has 0 saturated carbocycles. The van der Waals surface area contributed by atoms with Crippen LogP contribution in [0.3, 0.4) is 0 Å². The van der Waals surface area contributed by atoms with E-state index in [1.807, 2.05) is 0 Å². The summed E-state index contributed by atoms with van der Waals surface area (Å²) in [4.78, 5) is 38.0. The molecule has 0 bridgehead atoms. The molecule has 2 amide bonds. The Morgan fingerprint density at radius 1 is 1.35 bits per heavy atom. The van der Waals surface area contributed by atoms with E-state index in [2.05, 4.69) is 0 Å². The molecule has 1 fully saturated rings. The van der Waals surface area contributed by atoms with E-state index >= 15 is 0 Å². The molecule has 0 radical (unpaired) electrons. The van der Waals surface area contributed by atoms with Gasteiger partial charge in [0.2, 0.25) is 11.8 Å². The Kier molecular flexibility index (Phi) is 5.20. The Labute approximate surface area is 134 Å². The van der Waals surface area contributed by atoms with Crippen LogP contribution in [-0.4, -0.2) is 55.0 Å². The highest BCUT2D eigenvalue weighted by Crippen LogP contribution is 2.27. The second-order valence-electron chi connectivity index (χ2n) is 5.51. The van der Waals surface area contributed by atoms with Gasteiger partial charge in [-0.3, -0.25) is 14.4 Å². The van der Waals surface area contributed by atoms with Crippen LogP contribution in [0.15, 0.2) is 24.3 Å². The van der Waals surface area contributed by atoms with Crippen LogP contribution in [0.25, 0.3) is 0 Å². The number of hydrogen-bond donors (Lipinski definition) is 1. The van der Waals surface area contributed by atoms with Gasteiger partial charge in [0.15, 0.2) is 0 Å². The van der Waals surface area contributed by atoms with E-state index < -0.39 is 11.9 Å². The Morgan fingerprint density at radius 3 is 2.57 bits per heavy atom. The first kappa shape index (κ1) is 16.8. The Balaban J connectivity index is 2.00. The Hall–Kier alpha value is -2.57. The van der Waals surface area contributed by atoms with Gasteiger partial charge in [-0.25, -0.2) is 0 Å². The molecule has 1 aromatic rings. The van der Waals surface area contributed by atoms with Gasteiger partial charge in [-0.1, -0.05) is 0 Å². The molecule has 1 N–H and O–H groups in total. The van der Waals surface area contributed by atoms with Gasteiger partial charge in [0.05, 0.1) is 19.4 Å². The summed E-state index contributed by atoms with van der Waals surface area (Å²) < 4.78 is 5.08. The fourth-order valence-corrected chi connectivity index (χ4v) is 2.57. The van der Waals surface area contributed by atoms with Gasteiger partial charge in [0.1, 0.15) is 5.75 Å². The van der Waals surface area contributed by atoms with Crippen molar-refractivity contribution < 1.29 is 24.2 Å². The number of carboxylic acid groups (broad SMARTS) is 1. The summed E-state index contributed by atoms with van der Waals surface area (Å²) in [5.74, 6) is -1.01. The third-order valence-corrected chi connectivity index (χ3v) is 3.90. The third-order valence-electron chi connectivity index (χ3n) is 3.90. The fraction of sp³-hybridized carbons (Fsp3) is 0.438. The molecule has 7 heteroatoms. The number of amides is 2. The van der Waals surface area contributed by atoms with E-state index in [0.717, 1.165) is 5.69 Å². The van der Waals surface area contributed by atoms with Gasteiger partial charge in [-0.05, 0) is 24.3 Å². The molecule has 0 aliphatic carbocycles. The number of benzene rings is 1. The predicted octanol–water partition coefficient (Wildman–Crippen LogP) is 0.981. The number of aliphatic carboxylic acids is 1. The molecule has 124 valence electrons. The van der Waals surface area contributed by atoms with Crippen LogP contribution >= 0.6 is 0 Å². The minimum atomic E-state index is -0.952. The van der Waals surface area contributed by atoms with E-state index in [9.17, 15) is 14.4 Å². The molecule has 2 rings (SSSR count). The average molecular weight is 320 g/mol. The molecule has 1 heterocycles. The summed E-state index contributed by atoms with van der Waals surface area (Å²) in [6.07, 6.45) is 0.0351. The monoisotopic (exact) mass is 320 g/mol. The molecule has 1 unspecified atom stereocenters. The summed E-state index contributed by atoms with van der Waals surface area (Å²) in [6.45, 7) is 0.447. The van der Waals surface area contributed by atoms with Gasteiger partial charge in [0, 0.05) is 32.2 Å². The molecule has 1 saturated heterocycles. The lowest BCUT2D eigenvalue weighted by Gasteiger charge is -2.21. The van der Waals surface area contributed by atoms with Crippen LogP contribution in [0.5, 0.6) is 5.75 Å². The minimum Gasteiger partial charge on any atom is -0.497 e. The maximum Gasteiger partial charge on any atom is 0.305 e. The zero-order valence-electron chi connectivity index (χ0n) is 13.2. The first-order valence-electron chi connectivity index (χ1n) is 7.33. The average Bonchev–Trinajstić information content (AvgIpc) is 2.93. The van der Waals surface area contributed by atoms with E-state index in [-0.39, 0.29) is 31.2 Å². The molecule has 7 nitrogen and oxygen atoms in total. The van der Waals surface area contributed by atoms with Gasteiger partial charge in [-0.2, -0.15) is 0 Å². The van der Waals surface area contributed by atoms with Crippen molar-refractivity contribution in [2.45, 2.75) is 12.8 Å². The largest absolute Gasteiger partial charge is 0.497 e. The highest BCUT2D eigenvalue weighted by Gasteiger charge is 2.36. The van der Waals surface area contributed by atoms with E-state index in [0.29, 0.717) is 12.3 Å². The van der Waals surface area contributed by atoms with Crippen LogP contribution in [0.4, 0.5) is 5.69 Å². The fourth-order valence-electron chi connectivity index (χ4n) is 2.57. The second kappa shape index (κ2) is 7.13. The zero-order valence-corrected chi connectivity index (χ0v) is 13.2. The highest BCUT2D eigenvalue weighted by atomic mass is 16.5. The molecule has 23 heavy (non-hydrogen) atoms. The van der Waals surface area contributed by atoms with E-state index in [4.69, 9.17) is 9.84 Å². The highest BCUT2D eigenvalue weighted by molar-refractivity contribution is 6.00. The second-order valence-corrected chi connectivity index (χ2v) is 5.51. The number of carbonyl (C=O) groups excluding carboxylic acids is 2. The molecular weight excluding hydrogens is 300 g/mol. The smallest absolute Gasteiger partial charge is 0.305 e. The lowest BCUT2D eigenvalue weighted by atomic mass is 10.1. The standard InChI is InChI=1S/C16H20N2O5/c1-17(8-7-15(20)21)16(22)11-9-14(19)18(10-11)12-3-5-13(23-2)6-4-12/h3-6,11H,7-10H2,1-2H3,(H,20,21). The van der Waals surface area contributed by atoms with Crippen molar-refractivity contribution in [3.8, 4) is 5.75 Å². The van der Waals surface area contributed by atoms with Crippen LogP contribution in [0, 0.1) is 5.92 Å². The summed E-state index contributed by atoms with van der Waals surface area (Å²) in [6, 6.07) is 7.07. The molecule has 1 aliphatic heterocycles. The molecule has 1 aliphatic rings. The van der Waals surface area contributed by atoms with Crippen molar-refractivity contribution >= 4 is 23.5 Å². The lowest BCUT2D eigenvalue weighted by Crippen LogP contribution is -2.36. The van der Waals surface area contributed by atoms with Gasteiger partial charge in [0.25, 0.3) is 0 Å². The third kappa shape index (κ3) is 4.00. The first-order chi connectivity index (χ1) is 10.9. The van der Waals surface area contributed by atoms with Crippen molar-refractivity contribution in [3.63, 3.8) is 0 Å². The maximum atomic E-state index is 12.3. The van der Waals surface area contributed by atoms with Crippen molar-refractivity contribution in [3.05, 3.63) is 24.3 Å². The number of hydrogen-bond acceptors (Lipinski definition) is 4. The van der Waals surface area contributed by atoms with Crippen LogP contribution < -0.4 is 9.64 Å². The molecule has 0 aromatic heterocycles. The SMILES string of the molecule is COc1ccc(N2CC(C(=O)N(C)CCC(=O)O)CC2=O)cc1.